The number of allylic oxidation sites excluding steroid dienone is 3. The van der Waals surface area contributed by atoms with Gasteiger partial charge in [0.2, 0.25) is 10.4 Å². The van der Waals surface area contributed by atoms with Gasteiger partial charge in [-0.25, -0.2) is 8.42 Å². The van der Waals surface area contributed by atoms with Crippen molar-refractivity contribution in [1.82, 2.24) is 0 Å². The molecule has 0 aliphatic heterocycles. The minimum Gasteiger partial charge on any atom is -0.726 e. The van der Waals surface area contributed by atoms with E-state index in [1.807, 2.05) is 19.9 Å². The van der Waals surface area contributed by atoms with E-state index in [1.54, 1.807) is 24.7 Å². The highest BCUT2D eigenvalue weighted by Gasteiger charge is 2.53. The van der Waals surface area contributed by atoms with Crippen LogP contribution in [0.3, 0.4) is 0 Å². The molecule has 5 atom stereocenters. The average Bonchev–Trinajstić information content (AvgIpc) is 2.89. The second-order valence-electron chi connectivity index (χ2n) is 14.2. The molecule has 2 fully saturated rings. The zero-order valence-electron chi connectivity index (χ0n) is 27.9. The van der Waals surface area contributed by atoms with Crippen LogP contribution in [0, 0.1) is 28.6 Å². The highest BCUT2D eigenvalue weighted by atomic mass is 32.3. The van der Waals surface area contributed by atoms with Crippen molar-refractivity contribution < 1.29 is 31.9 Å². The van der Waals surface area contributed by atoms with Gasteiger partial charge in [0.05, 0.1) is 20.2 Å². The largest absolute Gasteiger partial charge is 0.726 e. The van der Waals surface area contributed by atoms with Gasteiger partial charge in [-0.05, 0) is 111 Å². The normalized spacial score (nSPS) is 24.8. The molecule has 0 saturated heterocycles. The monoisotopic (exact) mass is 635 g/mol. The van der Waals surface area contributed by atoms with Crippen LogP contribution in [0.2, 0.25) is 0 Å². The van der Waals surface area contributed by atoms with Crippen molar-refractivity contribution in [3.8, 4) is 11.5 Å². The molecule has 6 N–H and O–H groups in total. The Hall–Kier alpha value is -2.56. The Bertz CT molecular complexity index is 1290. The van der Waals surface area contributed by atoms with E-state index in [-0.39, 0.29) is 34.2 Å². The molecule has 3 unspecified atom stereocenters. The number of nitrogens with zero attached hydrogens (tertiary/aromatic N) is 1. The summed E-state index contributed by atoms with van der Waals surface area (Å²) in [5, 5.41) is 19.7. The number of nitrogens with two attached hydrogens (primary N) is 2. The van der Waals surface area contributed by atoms with Crippen molar-refractivity contribution >= 4 is 16.4 Å². The Morgan fingerprint density at radius 1 is 1.23 bits per heavy atom. The van der Waals surface area contributed by atoms with Crippen molar-refractivity contribution in [2.24, 2.45) is 40.1 Å². The second-order valence-corrected chi connectivity index (χ2v) is 15.2. The van der Waals surface area contributed by atoms with Crippen LogP contribution in [0.4, 0.5) is 0 Å². The molecular weight excluding hydrogens is 578 g/mol. The van der Waals surface area contributed by atoms with E-state index in [9.17, 15) is 23.2 Å². The fourth-order valence-corrected chi connectivity index (χ4v) is 8.04. The van der Waals surface area contributed by atoms with Crippen molar-refractivity contribution in [2.45, 2.75) is 105 Å². The molecule has 1 aromatic carbocycles. The molecule has 9 nitrogen and oxygen atoms in total. The predicted octanol–water partition coefficient (Wildman–Crippen LogP) is 5.96. The summed E-state index contributed by atoms with van der Waals surface area (Å²) >= 11 is 0. The van der Waals surface area contributed by atoms with Gasteiger partial charge in [0.15, 0.2) is 0 Å². The van der Waals surface area contributed by atoms with E-state index in [1.165, 1.54) is 24.1 Å². The van der Waals surface area contributed by atoms with Gasteiger partial charge in [0.25, 0.3) is 0 Å². The summed E-state index contributed by atoms with van der Waals surface area (Å²) in [7, 11) is -1.26. The maximum atomic E-state index is 11.7. The van der Waals surface area contributed by atoms with Crippen molar-refractivity contribution in [3.05, 3.63) is 47.6 Å². The first kappa shape index (κ1) is 37.6. The smallest absolute Gasteiger partial charge is 0.340 e. The fourth-order valence-electron chi connectivity index (χ4n) is 7.47. The van der Waals surface area contributed by atoms with Gasteiger partial charge in [-0.2, -0.15) is 0 Å². The molecule has 0 bridgehead atoms. The van der Waals surface area contributed by atoms with Gasteiger partial charge >= 0.3 is 5.96 Å². The van der Waals surface area contributed by atoms with Crippen molar-refractivity contribution in [1.29, 1.82) is 0 Å². The van der Waals surface area contributed by atoms with Gasteiger partial charge in [0, 0.05) is 5.56 Å². The van der Waals surface area contributed by atoms with Crippen LogP contribution in [0.15, 0.2) is 42.0 Å². The van der Waals surface area contributed by atoms with Gasteiger partial charge in [0.1, 0.15) is 11.5 Å². The number of phenolic OH excluding ortho intramolecular Hbond substituents is 2. The standard InChI is InChI=1S/C31H48O6S.C3H9N3/c1-21(11-13-24-19-25(32)14-15-27(24)33)9-7-10-23(3)28(37-38(34,35)36)20-26-22(2)12-16-29-30(4,5)17-8-18-31(26,29)6;1-6(2)3(4)5/h11,14-15,19,23,26,28-29,32-33H,2,7-10,12-13,16-18,20H2,1,3-6H3,(H,34,35,36);1-2H3,(H3,4,5)/b21-11+;/t23?,26-,28?,29?,31+;/m0./s1. The third kappa shape index (κ3) is 10.8. The molecule has 2 aliphatic rings. The molecule has 2 aliphatic carbocycles. The Balaban J connectivity index is 0.00000102. The molecule has 10 heteroatoms. The molecule has 250 valence electrons. The lowest BCUT2D eigenvalue weighted by Gasteiger charge is -2.58. The molecule has 0 spiro atoms. The summed E-state index contributed by atoms with van der Waals surface area (Å²) in [6.45, 7) is 15.5. The minimum absolute atomic E-state index is 0.0296. The number of guanidine groups is 1. The molecule has 0 radical (unpaired) electrons. The van der Waals surface area contributed by atoms with Crippen LogP contribution in [0.25, 0.3) is 0 Å². The first-order chi connectivity index (χ1) is 20.3. The molecule has 3 rings (SSSR count). The number of hydrogen-bond acceptors (Lipinski definition) is 6. The maximum Gasteiger partial charge on any atom is 0.340 e. The SMILES string of the molecule is C=C1CCC2C(C)(C)CCC[C@]2(C)[C@H]1CC(OS(=O)(=O)[O-])C(C)CCC/C(C)=C/Cc1cc(O)ccc1O.C[N+](C)=C(N)N. The topological polar surface area (TPSA) is 162 Å². The molecule has 0 aromatic heterocycles. The number of benzene rings is 1. The summed E-state index contributed by atoms with van der Waals surface area (Å²) < 4.78 is 42.1. The summed E-state index contributed by atoms with van der Waals surface area (Å²) in [4.78, 5) is 0. The molecular formula is C34H57N3O6S. The Labute approximate surface area is 266 Å². The minimum atomic E-state index is -4.83. The lowest BCUT2D eigenvalue weighted by molar-refractivity contribution is -0.466. The van der Waals surface area contributed by atoms with Crippen LogP contribution in [0.1, 0.15) is 98.0 Å². The third-order valence-electron chi connectivity index (χ3n) is 10.1. The average molecular weight is 636 g/mol. The van der Waals surface area contributed by atoms with Crippen LogP contribution in [-0.2, 0) is 21.0 Å². The lowest BCUT2D eigenvalue weighted by atomic mass is 9.47. The number of hydrogen-bond donors (Lipinski definition) is 4. The Kier molecular flexibility index (Phi) is 13.4. The van der Waals surface area contributed by atoms with Gasteiger partial charge in [-0.15, -0.1) is 0 Å². The predicted molar refractivity (Wildman–Crippen MR) is 176 cm³/mol. The molecule has 0 heterocycles. The van der Waals surface area contributed by atoms with Crippen LogP contribution < -0.4 is 11.5 Å². The maximum absolute atomic E-state index is 11.7. The Morgan fingerprint density at radius 3 is 2.45 bits per heavy atom. The van der Waals surface area contributed by atoms with Gasteiger partial charge in [-0.3, -0.25) is 20.2 Å². The molecule has 1 aromatic rings. The van der Waals surface area contributed by atoms with E-state index >= 15 is 0 Å². The number of aromatic hydroxyl groups is 2. The van der Waals surface area contributed by atoms with E-state index in [4.69, 9.17) is 15.7 Å². The lowest BCUT2D eigenvalue weighted by Crippen LogP contribution is -2.50. The molecule has 0 amide bonds. The van der Waals surface area contributed by atoms with E-state index in [0.717, 1.165) is 50.5 Å². The summed E-state index contributed by atoms with van der Waals surface area (Å²) in [5.74, 6) is 1.19. The third-order valence-corrected chi connectivity index (χ3v) is 10.6. The summed E-state index contributed by atoms with van der Waals surface area (Å²) in [5.41, 5.74) is 13.4. The van der Waals surface area contributed by atoms with Crippen molar-refractivity contribution in [2.75, 3.05) is 14.1 Å². The van der Waals surface area contributed by atoms with E-state index in [0.29, 0.717) is 30.3 Å². The van der Waals surface area contributed by atoms with Crippen LogP contribution >= 0.6 is 0 Å². The first-order valence-corrected chi connectivity index (χ1v) is 17.1. The summed E-state index contributed by atoms with van der Waals surface area (Å²) in [6.07, 6.45) is 10.3. The van der Waals surface area contributed by atoms with Crippen LogP contribution in [-0.4, -0.2) is 53.9 Å². The zero-order valence-corrected chi connectivity index (χ0v) is 28.8. The van der Waals surface area contributed by atoms with Gasteiger partial charge in [-0.1, -0.05) is 57.9 Å². The molecule has 44 heavy (non-hydrogen) atoms. The fraction of sp³-hybridized carbons (Fsp3) is 0.676. The summed E-state index contributed by atoms with van der Waals surface area (Å²) in [6, 6.07) is 4.50. The number of phenols is 2. The van der Waals surface area contributed by atoms with E-state index < -0.39 is 16.5 Å². The number of fused-ring (bicyclic) bond motifs is 1. The van der Waals surface area contributed by atoms with Gasteiger partial charge < -0.3 is 14.8 Å². The Morgan fingerprint density at radius 2 is 1.86 bits per heavy atom. The van der Waals surface area contributed by atoms with Crippen LogP contribution in [0.5, 0.6) is 11.5 Å². The second kappa shape index (κ2) is 15.6. The number of rotatable bonds is 11. The quantitative estimate of drug-likeness (QED) is 0.0440. The first-order valence-electron chi connectivity index (χ1n) is 15.8. The zero-order chi connectivity index (χ0) is 33.5. The highest BCUT2D eigenvalue weighted by molar-refractivity contribution is 7.80. The van der Waals surface area contributed by atoms with Crippen molar-refractivity contribution in [3.63, 3.8) is 0 Å². The van der Waals surface area contributed by atoms with E-state index in [2.05, 4.69) is 27.4 Å². The molecule has 2 saturated carbocycles. The highest BCUT2D eigenvalue weighted by Crippen LogP contribution is 2.62.